The molecule has 2 heterocycles. The minimum atomic E-state index is -0.965. The molecule has 0 aliphatic heterocycles. The average molecular weight is 645 g/mol. The Bertz CT molecular complexity index is 1850. The van der Waals surface area contributed by atoms with Crippen molar-refractivity contribution in [2.24, 2.45) is 0 Å². The Hall–Kier alpha value is -5.23. The molecule has 0 aliphatic rings. The van der Waals surface area contributed by atoms with Gasteiger partial charge in [-0.05, 0) is 80.4 Å². The number of fused-ring (bicyclic) bond motifs is 1. The number of halogens is 1. The SMILES string of the molecule is Cc1c[n+]2cc(CNC(=O)[C@H](Cc3ccc(O)cc3)NC(=O)Nc3ccc(C(=O)OC(C)C)cc3)n(Cc3cccc(F)c3)c2s1. The minimum Gasteiger partial charge on any atom is -0.508 e. The molecule has 5 aromatic rings. The van der Waals surface area contributed by atoms with Gasteiger partial charge in [-0.3, -0.25) is 4.79 Å². The standard InChI is InChI=1S/C34H34FN5O5S/c1-21(2)45-32(43)25-9-11-27(12-10-25)37-33(44)38-30(16-23-7-13-29(41)14-8-23)31(42)36-17-28-20-39-18-22(3)46-34(39)40(28)19-24-5-4-6-26(35)15-24/h4-15,18,20-21,30H,16-17,19H2,1-3H3,(H3-,36,37,38,41,42,43,44)/p+1/t30-/m0/s1. The van der Waals surface area contributed by atoms with Gasteiger partial charge in [0.05, 0.1) is 18.2 Å². The Morgan fingerprint density at radius 2 is 1.74 bits per heavy atom. The van der Waals surface area contributed by atoms with Crippen molar-refractivity contribution >= 4 is 39.9 Å². The van der Waals surface area contributed by atoms with Crippen molar-refractivity contribution in [1.29, 1.82) is 0 Å². The molecule has 12 heteroatoms. The number of amides is 3. The quantitative estimate of drug-likeness (QED) is 0.118. The van der Waals surface area contributed by atoms with Gasteiger partial charge in [0, 0.05) is 17.0 Å². The second-order valence-electron chi connectivity index (χ2n) is 11.1. The van der Waals surface area contributed by atoms with E-state index < -0.39 is 23.9 Å². The van der Waals surface area contributed by atoms with Gasteiger partial charge in [0.25, 0.3) is 0 Å². The summed E-state index contributed by atoms with van der Waals surface area (Å²) < 4.78 is 23.2. The maximum atomic E-state index is 13.9. The molecule has 0 radical (unpaired) electrons. The lowest BCUT2D eigenvalue weighted by Crippen LogP contribution is -2.49. The summed E-state index contributed by atoms with van der Waals surface area (Å²) in [6, 6.07) is 17.5. The lowest BCUT2D eigenvalue weighted by Gasteiger charge is -2.19. The van der Waals surface area contributed by atoms with Crippen LogP contribution < -0.4 is 20.4 Å². The highest BCUT2D eigenvalue weighted by molar-refractivity contribution is 7.16. The Kier molecular flexibility index (Phi) is 9.97. The molecule has 0 spiro atoms. The summed E-state index contributed by atoms with van der Waals surface area (Å²) in [6.45, 7) is 6.09. The second-order valence-corrected chi connectivity index (χ2v) is 12.4. The van der Waals surface area contributed by atoms with Crippen molar-refractivity contribution in [3.8, 4) is 5.75 Å². The first-order valence-electron chi connectivity index (χ1n) is 14.7. The third kappa shape index (κ3) is 8.27. The van der Waals surface area contributed by atoms with E-state index in [2.05, 4.69) is 16.0 Å². The number of carbonyl (C=O) groups is 3. The number of esters is 1. The van der Waals surface area contributed by atoms with E-state index in [1.54, 1.807) is 67.6 Å². The van der Waals surface area contributed by atoms with Crippen molar-refractivity contribution in [3.63, 3.8) is 0 Å². The van der Waals surface area contributed by atoms with Crippen LogP contribution in [-0.2, 0) is 29.0 Å². The van der Waals surface area contributed by atoms with Crippen LogP contribution in [-0.4, -0.2) is 39.7 Å². The molecule has 46 heavy (non-hydrogen) atoms. The summed E-state index contributed by atoms with van der Waals surface area (Å²) in [4.78, 5) is 40.8. The van der Waals surface area contributed by atoms with Crippen molar-refractivity contribution in [2.75, 3.05) is 5.32 Å². The van der Waals surface area contributed by atoms with Gasteiger partial charge in [-0.2, -0.15) is 4.40 Å². The first kappa shape index (κ1) is 32.2. The number of phenols is 1. The van der Waals surface area contributed by atoms with Crippen LogP contribution in [0.2, 0.25) is 0 Å². The molecule has 3 aromatic carbocycles. The number of hydrogen-bond acceptors (Lipinski definition) is 6. The zero-order valence-corrected chi connectivity index (χ0v) is 26.4. The lowest BCUT2D eigenvalue weighted by molar-refractivity contribution is -0.506. The number of benzene rings is 3. The predicted molar refractivity (Wildman–Crippen MR) is 172 cm³/mol. The van der Waals surface area contributed by atoms with Crippen LogP contribution in [0, 0.1) is 12.7 Å². The number of phenolic OH excluding ortho intramolecular Hbond substituents is 1. The van der Waals surface area contributed by atoms with Gasteiger partial charge >= 0.3 is 17.0 Å². The summed E-state index contributed by atoms with van der Waals surface area (Å²) in [5.74, 6) is -1.12. The van der Waals surface area contributed by atoms with E-state index in [0.29, 0.717) is 17.8 Å². The van der Waals surface area contributed by atoms with Crippen molar-refractivity contribution in [3.05, 3.63) is 118 Å². The number of hydrogen-bond donors (Lipinski definition) is 4. The van der Waals surface area contributed by atoms with Gasteiger partial charge < -0.3 is 25.8 Å². The molecule has 10 nitrogen and oxygen atoms in total. The van der Waals surface area contributed by atoms with E-state index in [1.165, 1.54) is 24.3 Å². The molecule has 1 atom stereocenters. The number of aromatic nitrogens is 2. The molecule has 238 valence electrons. The summed E-state index contributed by atoms with van der Waals surface area (Å²) in [5.41, 5.74) is 3.08. The molecule has 0 aliphatic carbocycles. The fraction of sp³-hybridized carbons (Fsp3) is 0.235. The zero-order valence-electron chi connectivity index (χ0n) is 25.6. The number of imidazole rings is 1. The number of rotatable bonds is 11. The number of nitrogens with zero attached hydrogens (tertiary/aromatic N) is 2. The minimum absolute atomic E-state index is 0.0861. The van der Waals surface area contributed by atoms with Gasteiger partial charge in [0.1, 0.15) is 36.5 Å². The van der Waals surface area contributed by atoms with E-state index in [-0.39, 0.29) is 30.6 Å². The van der Waals surface area contributed by atoms with Crippen molar-refractivity contribution in [1.82, 2.24) is 15.2 Å². The lowest BCUT2D eigenvalue weighted by atomic mass is 10.0. The molecule has 0 unspecified atom stereocenters. The zero-order chi connectivity index (χ0) is 32.8. The Balaban J connectivity index is 1.30. The summed E-state index contributed by atoms with van der Waals surface area (Å²) in [5, 5.41) is 18.1. The Morgan fingerprint density at radius 1 is 1.00 bits per heavy atom. The number of nitrogens with one attached hydrogen (secondary N) is 3. The smallest absolute Gasteiger partial charge is 0.346 e. The van der Waals surface area contributed by atoms with Crippen LogP contribution in [0.5, 0.6) is 5.75 Å². The third-order valence-corrected chi connectivity index (χ3v) is 8.09. The van der Waals surface area contributed by atoms with Crippen LogP contribution in [0.1, 0.15) is 45.9 Å². The molecule has 4 N–H and O–H groups in total. The summed E-state index contributed by atoms with van der Waals surface area (Å²) in [7, 11) is 0. The van der Waals surface area contributed by atoms with Crippen LogP contribution in [0.3, 0.4) is 0 Å². The van der Waals surface area contributed by atoms with Crippen molar-refractivity contribution < 1.29 is 33.0 Å². The van der Waals surface area contributed by atoms with Gasteiger partial charge in [-0.15, -0.1) is 0 Å². The summed E-state index contributed by atoms with van der Waals surface area (Å²) >= 11 is 1.59. The van der Waals surface area contributed by atoms with Crippen molar-refractivity contribution in [2.45, 2.75) is 52.4 Å². The number of ether oxygens (including phenoxy) is 1. The fourth-order valence-electron chi connectivity index (χ4n) is 4.92. The fourth-order valence-corrected chi connectivity index (χ4v) is 5.87. The molecule has 5 rings (SSSR count). The predicted octanol–water partition coefficient (Wildman–Crippen LogP) is 5.10. The average Bonchev–Trinajstić information content (AvgIpc) is 3.52. The van der Waals surface area contributed by atoms with Gasteiger partial charge in [0.2, 0.25) is 5.91 Å². The maximum Gasteiger partial charge on any atom is 0.346 e. The number of aryl methyl sites for hydroxylation is 1. The van der Waals surface area contributed by atoms with Gasteiger partial charge in [-0.1, -0.05) is 35.6 Å². The van der Waals surface area contributed by atoms with E-state index >= 15 is 0 Å². The van der Waals surface area contributed by atoms with E-state index in [4.69, 9.17) is 4.74 Å². The number of aromatic hydroxyl groups is 1. The first-order chi connectivity index (χ1) is 22.0. The van der Waals surface area contributed by atoms with Crippen LogP contribution in [0.4, 0.5) is 14.9 Å². The molecule has 0 bridgehead atoms. The topological polar surface area (TPSA) is 126 Å². The molecular formula is C34H35FN5O5S+. The Morgan fingerprint density at radius 3 is 2.43 bits per heavy atom. The number of anilines is 1. The van der Waals surface area contributed by atoms with Gasteiger partial charge in [-0.25, -0.2) is 18.5 Å². The van der Waals surface area contributed by atoms with E-state index in [1.807, 2.05) is 34.4 Å². The number of carbonyl (C=O) groups excluding carboxylic acids is 3. The second kappa shape index (κ2) is 14.2. The highest BCUT2D eigenvalue weighted by atomic mass is 32.1. The largest absolute Gasteiger partial charge is 0.508 e. The van der Waals surface area contributed by atoms with Crippen LogP contribution in [0.15, 0.2) is 85.2 Å². The van der Waals surface area contributed by atoms with E-state index in [0.717, 1.165) is 26.7 Å². The Labute approximate surface area is 269 Å². The third-order valence-electron chi connectivity index (χ3n) is 7.05. The molecule has 0 saturated heterocycles. The molecule has 2 aromatic heterocycles. The highest BCUT2D eigenvalue weighted by Gasteiger charge is 2.25. The van der Waals surface area contributed by atoms with E-state index in [9.17, 15) is 23.9 Å². The highest BCUT2D eigenvalue weighted by Crippen LogP contribution is 2.19. The monoisotopic (exact) mass is 644 g/mol. The first-order valence-corrected chi connectivity index (χ1v) is 15.5. The molecule has 0 fully saturated rings. The maximum absolute atomic E-state index is 13.9. The van der Waals surface area contributed by atoms with Gasteiger partial charge in [0.15, 0.2) is 5.69 Å². The molecular weight excluding hydrogens is 609 g/mol. The van der Waals surface area contributed by atoms with Crippen LogP contribution in [0.25, 0.3) is 4.96 Å². The summed E-state index contributed by atoms with van der Waals surface area (Å²) in [6.07, 6.45) is 3.82. The normalized spacial score (nSPS) is 11.8. The van der Waals surface area contributed by atoms with Crippen LogP contribution >= 0.6 is 11.3 Å². The molecule has 3 amide bonds. The number of thiazole rings is 1. The molecule has 0 saturated carbocycles. The number of urea groups is 1.